The van der Waals surface area contributed by atoms with Gasteiger partial charge in [0.05, 0.1) is 11.2 Å². The first kappa shape index (κ1) is 15.6. The van der Waals surface area contributed by atoms with Crippen LogP contribution >= 0.6 is 0 Å². The number of aromatic hydroxyl groups is 1. The fraction of sp³-hybridized carbons (Fsp3) is 0.579. The Bertz CT molecular complexity index is 758. The van der Waals surface area contributed by atoms with Crippen molar-refractivity contribution in [3.05, 3.63) is 28.8 Å². The molecule has 0 spiro atoms. The molecule has 1 aromatic carbocycles. The Labute approximate surface area is 140 Å². The zero-order valence-corrected chi connectivity index (χ0v) is 13.8. The summed E-state index contributed by atoms with van der Waals surface area (Å²) in [6, 6.07) is 3.39. The largest absolute Gasteiger partial charge is 0.507 e. The van der Waals surface area contributed by atoms with Crippen LogP contribution in [0, 0.1) is 11.8 Å². The van der Waals surface area contributed by atoms with Crippen molar-refractivity contribution in [2.24, 2.45) is 17.6 Å². The lowest BCUT2D eigenvalue weighted by Crippen LogP contribution is -2.66. The van der Waals surface area contributed by atoms with E-state index in [9.17, 15) is 19.8 Å². The number of fused-ring (bicyclic) bond motifs is 1. The lowest BCUT2D eigenvalue weighted by Gasteiger charge is -2.62. The number of primary amides is 1. The summed E-state index contributed by atoms with van der Waals surface area (Å²) in [6.45, 7) is 2.16. The van der Waals surface area contributed by atoms with Gasteiger partial charge in [0.15, 0.2) is 0 Å². The first-order valence-corrected chi connectivity index (χ1v) is 8.69. The van der Waals surface area contributed by atoms with Crippen molar-refractivity contribution >= 4 is 11.7 Å². The second-order valence-corrected chi connectivity index (χ2v) is 7.91. The summed E-state index contributed by atoms with van der Waals surface area (Å²) in [4.78, 5) is 24.0. The van der Waals surface area contributed by atoms with Crippen LogP contribution in [-0.4, -0.2) is 27.5 Å². The first-order chi connectivity index (χ1) is 11.3. The van der Waals surface area contributed by atoms with Crippen LogP contribution in [0.3, 0.4) is 0 Å². The van der Waals surface area contributed by atoms with Crippen LogP contribution in [0.1, 0.15) is 60.5 Å². The Morgan fingerprint density at radius 2 is 2.08 bits per heavy atom. The molecule has 1 aromatic rings. The molecule has 1 unspecified atom stereocenters. The van der Waals surface area contributed by atoms with Crippen LogP contribution in [-0.2, 0) is 16.6 Å². The molecule has 5 nitrogen and oxygen atoms in total. The normalized spacial score (nSPS) is 37.5. The number of hydrogen-bond donors (Lipinski definition) is 3. The molecule has 1 amide bonds. The van der Waals surface area contributed by atoms with Crippen molar-refractivity contribution in [3.63, 3.8) is 0 Å². The molecule has 0 saturated heterocycles. The number of rotatable bonds is 1. The molecule has 2 saturated carbocycles. The Morgan fingerprint density at radius 3 is 2.79 bits per heavy atom. The molecule has 0 aliphatic heterocycles. The lowest BCUT2D eigenvalue weighted by molar-refractivity contribution is -0.170. The topological polar surface area (TPSA) is 101 Å². The summed E-state index contributed by atoms with van der Waals surface area (Å²) in [5.74, 6) is -0.275. The molecule has 4 N–H and O–H groups in total. The third-order valence-corrected chi connectivity index (χ3v) is 6.89. The van der Waals surface area contributed by atoms with E-state index >= 15 is 0 Å². The predicted octanol–water partition coefficient (Wildman–Crippen LogP) is 1.82. The van der Waals surface area contributed by atoms with Crippen molar-refractivity contribution in [3.8, 4) is 5.75 Å². The number of phenols is 1. The van der Waals surface area contributed by atoms with Crippen molar-refractivity contribution in [1.29, 1.82) is 0 Å². The van der Waals surface area contributed by atoms with E-state index in [0.29, 0.717) is 37.2 Å². The number of amides is 1. The molecule has 2 bridgehead atoms. The molecular formula is C19H23NO4. The van der Waals surface area contributed by atoms with Crippen LogP contribution in [0.5, 0.6) is 5.75 Å². The fourth-order valence-electron chi connectivity index (χ4n) is 5.71. The number of carbonyl (C=O) groups is 2. The summed E-state index contributed by atoms with van der Waals surface area (Å²) >= 11 is 0. The highest BCUT2D eigenvalue weighted by Crippen LogP contribution is 2.63. The van der Waals surface area contributed by atoms with Gasteiger partial charge < -0.3 is 15.9 Å². The number of aliphatic hydroxyl groups is 1. The zero-order chi connectivity index (χ0) is 17.3. The highest BCUT2D eigenvalue weighted by Gasteiger charge is 2.65. The summed E-state index contributed by atoms with van der Waals surface area (Å²) in [7, 11) is 0. The summed E-state index contributed by atoms with van der Waals surface area (Å²) in [5, 5.41) is 22.5. The molecule has 128 valence electrons. The second kappa shape index (κ2) is 4.82. The Morgan fingerprint density at radius 1 is 1.33 bits per heavy atom. The number of Topliss-reactive ketones (excluding diaryl/α,β-unsaturated/α-hetero) is 1. The average molecular weight is 329 g/mol. The maximum Gasteiger partial charge on any atom is 0.252 e. The van der Waals surface area contributed by atoms with Gasteiger partial charge in [-0.25, -0.2) is 0 Å². The zero-order valence-electron chi connectivity index (χ0n) is 13.8. The van der Waals surface area contributed by atoms with Gasteiger partial charge in [-0.3, -0.25) is 9.59 Å². The standard InChI is InChI=1S/C19H23NO4/c1-10-4-6-18-9-12(21)5-7-19(18,24)14(10)8-11-2-3-13(17(20)23)16(22)15(11)18/h2-3,10,14,22,24H,4-9H2,1H3,(H2,20,23)/t10?,14-,18+,19+/m0/s1. The molecule has 3 aliphatic rings. The minimum atomic E-state index is -1.00. The SMILES string of the molecule is CC1CC[C@]23CC(=O)CC[C@@]2(O)[C@H]1Cc1ccc(C(N)=O)c(O)c13. The number of hydrogen-bond acceptors (Lipinski definition) is 4. The van der Waals surface area contributed by atoms with Crippen LogP contribution in [0.4, 0.5) is 0 Å². The van der Waals surface area contributed by atoms with Gasteiger partial charge in [0.25, 0.3) is 5.91 Å². The van der Waals surface area contributed by atoms with E-state index in [0.717, 1.165) is 12.0 Å². The quantitative estimate of drug-likeness (QED) is 0.731. The number of carbonyl (C=O) groups excluding carboxylic acids is 2. The molecule has 0 aromatic heterocycles. The van der Waals surface area contributed by atoms with Crippen molar-refractivity contribution in [2.75, 3.05) is 0 Å². The van der Waals surface area contributed by atoms with Crippen molar-refractivity contribution in [1.82, 2.24) is 0 Å². The van der Waals surface area contributed by atoms with E-state index in [2.05, 4.69) is 6.92 Å². The van der Waals surface area contributed by atoms with Gasteiger partial charge in [0.1, 0.15) is 11.5 Å². The van der Waals surface area contributed by atoms with E-state index in [4.69, 9.17) is 5.73 Å². The van der Waals surface area contributed by atoms with Crippen LogP contribution in [0.15, 0.2) is 12.1 Å². The van der Waals surface area contributed by atoms with Crippen molar-refractivity contribution in [2.45, 2.75) is 56.5 Å². The first-order valence-electron chi connectivity index (χ1n) is 8.69. The highest BCUT2D eigenvalue weighted by atomic mass is 16.3. The number of nitrogens with two attached hydrogens (primary N) is 1. The van der Waals surface area contributed by atoms with E-state index < -0.39 is 16.9 Å². The monoisotopic (exact) mass is 329 g/mol. The molecule has 5 heteroatoms. The molecule has 24 heavy (non-hydrogen) atoms. The van der Waals surface area contributed by atoms with Crippen molar-refractivity contribution < 1.29 is 19.8 Å². The lowest BCUT2D eigenvalue weighted by atomic mass is 9.44. The maximum atomic E-state index is 12.3. The molecule has 3 aliphatic carbocycles. The fourth-order valence-corrected chi connectivity index (χ4v) is 5.71. The molecule has 0 heterocycles. The maximum absolute atomic E-state index is 12.3. The summed E-state index contributed by atoms with van der Waals surface area (Å²) in [5.41, 5.74) is 5.21. The minimum absolute atomic E-state index is 0.0700. The molecule has 2 fully saturated rings. The smallest absolute Gasteiger partial charge is 0.252 e. The van der Waals surface area contributed by atoms with E-state index in [1.165, 1.54) is 0 Å². The molecule has 4 rings (SSSR count). The molecule has 0 radical (unpaired) electrons. The van der Waals surface area contributed by atoms with Gasteiger partial charge in [-0.2, -0.15) is 0 Å². The van der Waals surface area contributed by atoms with Crippen LogP contribution < -0.4 is 5.73 Å². The van der Waals surface area contributed by atoms with Crippen LogP contribution in [0.2, 0.25) is 0 Å². The Balaban J connectivity index is 2.02. The van der Waals surface area contributed by atoms with E-state index in [1.807, 2.05) is 6.07 Å². The molecule has 4 atom stereocenters. The third kappa shape index (κ3) is 1.73. The third-order valence-electron chi connectivity index (χ3n) is 6.89. The Hall–Kier alpha value is -1.88. The van der Waals surface area contributed by atoms with E-state index in [1.54, 1.807) is 6.07 Å². The van der Waals surface area contributed by atoms with Gasteiger partial charge in [-0.1, -0.05) is 13.0 Å². The molecular weight excluding hydrogens is 306 g/mol. The number of ketones is 1. The summed E-state index contributed by atoms with van der Waals surface area (Å²) in [6.07, 6.45) is 3.26. The average Bonchev–Trinajstić information content (AvgIpc) is 2.51. The van der Waals surface area contributed by atoms with Crippen LogP contribution in [0.25, 0.3) is 0 Å². The van der Waals surface area contributed by atoms with Gasteiger partial charge in [-0.15, -0.1) is 0 Å². The Kier molecular flexibility index (Phi) is 3.14. The van der Waals surface area contributed by atoms with Gasteiger partial charge in [0, 0.05) is 23.8 Å². The summed E-state index contributed by atoms with van der Waals surface area (Å²) < 4.78 is 0. The van der Waals surface area contributed by atoms with Gasteiger partial charge in [-0.05, 0) is 49.1 Å². The van der Waals surface area contributed by atoms with E-state index in [-0.39, 0.29) is 29.4 Å². The number of benzene rings is 1. The van der Waals surface area contributed by atoms with Gasteiger partial charge >= 0.3 is 0 Å². The van der Waals surface area contributed by atoms with Gasteiger partial charge in [0.2, 0.25) is 0 Å². The minimum Gasteiger partial charge on any atom is -0.507 e. The highest BCUT2D eigenvalue weighted by molar-refractivity contribution is 5.96. The second-order valence-electron chi connectivity index (χ2n) is 7.91. The predicted molar refractivity (Wildman–Crippen MR) is 87.7 cm³/mol.